The van der Waals surface area contributed by atoms with E-state index in [1.54, 1.807) is 43.3 Å². The molecule has 0 saturated heterocycles. The van der Waals surface area contributed by atoms with Crippen LogP contribution in [0.5, 0.6) is 11.5 Å². The average Bonchev–Trinajstić information content (AvgIpc) is 3.36. The van der Waals surface area contributed by atoms with E-state index in [0.29, 0.717) is 29.6 Å². The molecule has 33 heavy (non-hydrogen) atoms. The lowest BCUT2D eigenvalue weighted by Crippen LogP contribution is -2.28. The van der Waals surface area contributed by atoms with Gasteiger partial charge in [-0.15, -0.1) is 11.3 Å². The molecule has 0 bridgehead atoms. The van der Waals surface area contributed by atoms with Crippen LogP contribution in [0.3, 0.4) is 0 Å². The van der Waals surface area contributed by atoms with Gasteiger partial charge in [0.05, 0.1) is 31.0 Å². The first kappa shape index (κ1) is 22.7. The summed E-state index contributed by atoms with van der Waals surface area (Å²) in [7, 11) is -3.95. The normalized spacial score (nSPS) is 13.2. The van der Waals surface area contributed by atoms with Crippen LogP contribution in [-0.2, 0) is 16.6 Å². The fourth-order valence-corrected chi connectivity index (χ4v) is 5.73. The molecule has 0 spiro atoms. The second-order valence-corrected chi connectivity index (χ2v) is 10.0. The molecule has 1 N–H and O–H groups in total. The quantitative estimate of drug-likeness (QED) is 0.459. The van der Waals surface area contributed by atoms with Gasteiger partial charge in [0, 0.05) is 17.1 Å². The zero-order chi connectivity index (χ0) is 23.6. The van der Waals surface area contributed by atoms with Gasteiger partial charge in [0.1, 0.15) is 21.4 Å². The van der Waals surface area contributed by atoms with E-state index in [-0.39, 0.29) is 27.7 Å². The number of hydrogen-bond acceptors (Lipinski definition) is 8. The van der Waals surface area contributed by atoms with E-state index in [9.17, 15) is 18.0 Å². The monoisotopic (exact) mass is 487 g/mol. The molecule has 172 valence electrons. The summed E-state index contributed by atoms with van der Waals surface area (Å²) in [4.78, 5) is 30.7. The lowest BCUT2D eigenvalue weighted by Gasteiger charge is -2.14. The highest BCUT2D eigenvalue weighted by Crippen LogP contribution is 2.33. The van der Waals surface area contributed by atoms with Gasteiger partial charge in [-0.2, -0.15) is 0 Å². The van der Waals surface area contributed by atoms with Crippen molar-refractivity contribution in [1.82, 2.24) is 9.88 Å². The number of carbonyl (C=O) groups is 2. The van der Waals surface area contributed by atoms with Crippen LogP contribution < -0.4 is 14.2 Å². The number of carbonyl (C=O) groups excluding carboxylic acids is 2. The standard InChI is InChI=1S/C22H21N3O6S2/c1-3-30-14-7-9-18(31-4-2)17(12-14)24-33(28,29)19-10-8-15(32-19)13-25-21(26)16-6-5-11-23-20(16)22(25)27/h5-12,24H,3-4,13H2,1-2H3. The largest absolute Gasteiger partial charge is 0.494 e. The molecule has 9 nitrogen and oxygen atoms in total. The van der Waals surface area contributed by atoms with Gasteiger partial charge in [0.25, 0.3) is 21.8 Å². The maximum atomic E-state index is 13.0. The summed E-state index contributed by atoms with van der Waals surface area (Å²) in [6, 6.07) is 11.1. The molecule has 3 heterocycles. The lowest BCUT2D eigenvalue weighted by molar-refractivity contribution is 0.0642. The van der Waals surface area contributed by atoms with Crippen LogP contribution in [-0.4, -0.2) is 43.3 Å². The van der Waals surface area contributed by atoms with Gasteiger partial charge < -0.3 is 9.47 Å². The summed E-state index contributed by atoms with van der Waals surface area (Å²) in [6.45, 7) is 4.38. The molecule has 1 aromatic carbocycles. The number of benzene rings is 1. The van der Waals surface area contributed by atoms with E-state index in [1.165, 1.54) is 12.3 Å². The molecule has 0 radical (unpaired) electrons. The topological polar surface area (TPSA) is 115 Å². The van der Waals surface area contributed by atoms with E-state index in [4.69, 9.17) is 9.47 Å². The number of thiophene rings is 1. The Labute approximate surface area is 195 Å². The fraction of sp³-hybridized carbons (Fsp3) is 0.227. The second kappa shape index (κ2) is 9.20. The van der Waals surface area contributed by atoms with Crippen LogP contribution >= 0.6 is 11.3 Å². The van der Waals surface area contributed by atoms with E-state index >= 15 is 0 Å². The third kappa shape index (κ3) is 4.55. The molecular weight excluding hydrogens is 466 g/mol. The van der Waals surface area contributed by atoms with Gasteiger partial charge in [-0.05, 0) is 50.2 Å². The van der Waals surface area contributed by atoms with Crippen molar-refractivity contribution in [2.45, 2.75) is 24.6 Å². The summed E-state index contributed by atoms with van der Waals surface area (Å²) in [5.74, 6) is -0.0710. The van der Waals surface area contributed by atoms with E-state index < -0.39 is 21.8 Å². The van der Waals surface area contributed by atoms with Crippen molar-refractivity contribution in [3.8, 4) is 11.5 Å². The molecule has 0 saturated carbocycles. The number of aromatic nitrogens is 1. The molecule has 3 aromatic rings. The van der Waals surface area contributed by atoms with Crippen LogP contribution in [0, 0.1) is 0 Å². The first-order valence-corrected chi connectivity index (χ1v) is 12.5. The number of anilines is 1. The third-order valence-electron chi connectivity index (χ3n) is 4.75. The molecule has 2 aromatic heterocycles. The number of rotatable bonds is 9. The molecule has 0 aliphatic carbocycles. The molecular formula is C22H21N3O6S2. The summed E-state index contributed by atoms with van der Waals surface area (Å²) in [5, 5.41) is 0. The Morgan fingerprint density at radius 1 is 1.03 bits per heavy atom. The van der Waals surface area contributed by atoms with E-state index in [1.807, 2.05) is 6.92 Å². The van der Waals surface area contributed by atoms with Crippen LogP contribution in [0.4, 0.5) is 5.69 Å². The highest BCUT2D eigenvalue weighted by molar-refractivity contribution is 7.94. The van der Waals surface area contributed by atoms with Gasteiger partial charge in [-0.25, -0.2) is 8.42 Å². The number of pyridine rings is 1. The van der Waals surface area contributed by atoms with Gasteiger partial charge in [-0.3, -0.25) is 24.2 Å². The molecule has 1 aliphatic rings. The molecule has 11 heteroatoms. The number of hydrogen-bond donors (Lipinski definition) is 1. The Morgan fingerprint density at radius 3 is 2.55 bits per heavy atom. The molecule has 4 rings (SSSR count). The number of nitrogens with zero attached hydrogens (tertiary/aromatic N) is 2. The number of imide groups is 1. The van der Waals surface area contributed by atoms with Crippen molar-refractivity contribution in [3.63, 3.8) is 0 Å². The highest BCUT2D eigenvalue weighted by atomic mass is 32.2. The smallest absolute Gasteiger partial charge is 0.280 e. The van der Waals surface area contributed by atoms with Crippen molar-refractivity contribution in [2.24, 2.45) is 0 Å². The lowest BCUT2D eigenvalue weighted by atomic mass is 10.2. The van der Waals surface area contributed by atoms with Crippen molar-refractivity contribution >= 4 is 38.9 Å². The Morgan fingerprint density at radius 2 is 1.82 bits per heavy atom. The van der Waals surface area contributed by atoms with E-state index in [2.05, 4.69) is 9.71 Å². The average molecular weight is 488 g/mol. The Balaban J connectivity index is 1.55. The number of amides is 2. The van der Waals surface area contributed by atoms with Crippen LogP contribution in [0.15, 0.2) is 52.9 Å². The SMILES string of the molecule is CCOc1ccc(OCC)c(NS(=O)(=O)c2ccc(CN3C(=O)c4cccnc4C3=O)s2)c1. The number of ether oxygens (including phenoxy) is 2. The fourth-order valence-electron chi connectivity index (χ4n) is 3.32. The minimum atomic E-state index is -3.95. The zero-order valence-electron chi connectivity index (χ0n) is 17.9. The first-order chi connectivity index (χ1) is 15.8. The van der Waals surface area contributed by atoms with E-state index in [0.717, 1.165) is 16.2 Å². The number of nitrogens with one attached hydrogen (secondary N) is 1. The van der Waals surface area contributed by atoms with Gasteiger partial charge in [0.15, 0.2) is 0 Å². The first-order valence-electron chi connectivity index (χ1n) is 10.2. The molecule has 0 atom stereocenters. The van der Waals surface area contributed by atoms with Crippen molar-refractivity contribution in [1.29, 1.82) is 0 Å². The summed E-state index contributed by atoms with van der Waals surface area (Å²) >= 11 is 0.973. The van der Waals surface area contributed by atoms with Crippen molar-refractivity contribution in [3.05, 3.63) is 64.8 Å². The predicted molar refractivity (Wildman–Crippen MR) is 122 cm³/mol. The minimum absolute atomic E-state index is 0.0384. The maximum Gasteiger partial charge on any atom is 0.280 e. The maximum absolute atomic E-state index is 13.0. The Kier molecular flexibility index (Phi) is 6.34. The minimum Gasteiger partial charge on any atom is -0.494 e. The van der Waals surface area contributed by atoms with Crippen LogP contribution in [0.1, 0.15) is 39.6 Å². The number of sulfonamides is 1. The molecule has 0 unspecified atom stereocenters. The highest BCUT2D eigenvalue weighted by Gasteiger charge is 2.37. The third-order valence-corrected chi connectivity index (χ3v) is 7.68. The van der Waals surface area contributed by atoms with Gasteiger partial charge in [-0.1, -0.05) is 0 Å². The summed E-state index contributed by atoms with van der Waals surface area (Å²) in [6.07, 6.45) is 1.45. The molecule has 0 fully saturated rings. The van der Waals surface area contributed by atoms with Gasteiger partial charge >= 0.3 is 0 Å². The summed E-state index contributed by atoms with van der Waals surface area (Å²) in [5.41, 5.74) is 0.599. The number of fused-ring (bicyclic) bond motifs is 1. The molecule has 2 amide bonds. The molecule has 1 aliphatic heterocycles. The van der Waals surface area contributed by atoms with Crippen LogP contribution in [0.25, 0.3) is 0 Å². The predicted octanol–water partition coefficient (Wildman–Crippen LogP) is 3.54. The second-order valence-electron chi connectivity index (χ2n) is 6.95. The Hall–Kier alpha value is -3.44. The van der Waals surface area contributed by atoms with Crippen molar-refractivity contribution < 1.29 is 27.5 Å². The van der Waals surface area contributed by atoms with Crippen molar-refractivity contribution in [2.75, 3.05) is 17.9 Å². The van der Waals surface area contributed by atoms with Crippen LogP contribution in [0.2, 0.25) is 0 Å². The Bertz CT molecular complexity index is 1280. The summed E-state index contributed by atoms with van der Waals surface area (Å²) < 4.78 is 39.6. The zero-order valence-corrected chi connectivity index (χ0v) is 19.5. The van der Waals surface area contributed by atoms with Gasteiger partial charge in [0.2, 0.25) is 0 Å².